The smallest absolute Gasteiger partial charge is 0.347 e. The molecule has 0 aliphatic carbocycles. The highest BCUT2D eigenvalue weighted by Crippen LogP contribution is 2.30. The minimum Gasteiger partial charge on any atom is -0.494 e. The van der Waals surface area contributed by atoms with Crippen LogP contribution in [0.15, 0.2) is 52.7 Å². The third-order valence-electron chi connectivity index (χ3n) is 6.05. The normalized spacial score (nSPS) is 11.3. The molecule has 0 saturated heterocycles. The van der Waals surface area contributed by atoms with Gasteiger partial charge in [-0.3, -0.25) is 9.59 Å². The van der Waals surface area contributed by atoms with Crippen LogP contribution >= 0.6 is 0 Å². The molecule has 0 aliphatic rings. The summed E-state index contributed by atoms with van der Waals surface area (Å²) in [6.45, 7) is 10.9. The van der Waals surface area contributed by atoms with Crippen LogP contribution in [0.4, 0.5) is 0 Å². The van der Waals surface area contributed by atoms with Gasteiger partial charge in [-0.1, -0.05) is 26.0 Å². The number of unbranched alkanes of at least 4 members (excludes halogenated alkanes) is 2. The summed E-state index contributed by atoms with van der Waals surface area (Å²) < 4.78 is 17.5. The zero-order valence-electron chi connectivity index (χ0n) is 24.9. The number of hydrogen-bond donors (Lipinski definition) is 1. The Labute approximate surface area is 242 Å². The van der Waals surface area contributed by atoms with Crippen molar-refractivity contribution in [3.05, 3.63) is 53.6 Å². The fourth-order valence-electron chi connectivity index (χ4n) is 3.87. The number of aliphatic carboxylic acids is 1. The number of benzene rings is 2. The molecule has 0 spiro atoms. The molecule has 0 bridgehead atoms. The predicted octanol–water partition coefficient (Wildman–Crippen LogP) is 6.32. The van der Waals surface area contributed by atoms with Crippen LogP contribution in [0.2, 0.25) is 0 Å². The van der Waals surface area contributed by atoms with Gasteiger partial charge in [0.2, 0.25) is 0 Å². The number of amides is 2. The van der Waals surface area contributed by atoms with Crippen molar-refractivity contribution in [1.29, 1.82) is 0 Å². The molecule has 2 amide bonds. The van der Waals surface area contributed by atoms with Gasteiger partial charge < -0.3 is 24.2 Å². The Morgan fingerprint density at radius 1 is 0.878 bits per heavy atom. The van der Waals surface area contributed by atoms with Gasteiger partial charge in [-0.25, -0.2) is 4.79 Å². The van der Waals surface area contributed by atoms with E-state index in [1.807, 2.05) is 38.1 Å². The van der Waals surface area contributed by atoms with Crippen molar-refractivity contribution in [2.75, 3.05) is 26.3 Å². The molecule has 41 heavy (non-hydrogen) atoms. The quantitative estimate of drug-likeness (QED) is 0.164. The average molecular weight is 570 g/mol. The van der Waals surface area contributed by atoms with E-state index in [-0.39, 0.29) is 17.6 Å². The van der Waals surface area contributed by atoms with E-state index in [1.165, 1.54) is 20.8 Å². The third kappa shape index (κ3) is 11.6. The number of ether oxygens (including phenoxy) is 3. The SMILES string of the molecule is CCCN(CCC)C(=O)c1ccc(OCCCCCOc2ccc(CN=NC(C)=O)cc2)cc1OC(C)(C)C(=O)O. The molecule has 0 fully saturated rings. The second-order valence-corrected chi connectivity index (χ2v) is 10.2. The average Bonchev–Trinajstić information content (AvgIpc) is 2.92. The zero-order valence-corrected chi connectivity index (χ0v) is 24.9. The Kier molecular flexibility index (Phi) is 13.8. The maximum absolute atomic E-state index is 13.3. The third-order valence-corrected chi connectivity index (χ3v) is 6.05. The molecule has 10 nitrogen and oxygen atoms in total. The molecule has 2 aromatic carbocycles. The van der Waals surface area contributed by atoms with Gasteiger partial charge in [-0.15, -0.1) is 5.11 Å². The lowest BCUT2D eigenvalue weighted by Gasteiger charge is -2.26. The van der Waals surface area contributed by atoms with Crippen LogP contribution < -0.4 is 14.2 Å². The highest BCUT2D eigenvalue weighted by atomic mass is 16.5. The minimum absolute atomic E-state index is 0.190. The van der Waals surface area contributed by atoms with Crippen LogP contribution in [0.25, 0.3) is 0 Å². The van der Waals surface area contributed by atoms with Crippen molar-refractivity contribution >= 4 is 17.8 Å². The number of carbonyl (C=O) groups is 3. The van der Waals surface area contributed by atoms with Gasteiger partial charge >= 0.3 is 5.97 Å². The van der Waals surface area contributed by atoms with Crippen LogP contribution in [0.5, 0.6) is 17.2 Å². The van der Waals surface area contributed by atoms with E-state index in [1.54, 1.807) is 23.1 Å². The molecule has 0 unspecified atom stereocenters. The lowest BCUT2D eigenvalue weighted by molar-refractivity contribution is -0.152. The van der Waals surface area contributed by atoms with Gasteiger partial charge in [-0.05, 0) is 75.8 Å². The molecule has 0 heterocycles. The van der Waals surface area contributed by atoms with Gasteiger partial charge in [-0.2, -0.15) is 5.11 Å². The van der Waals surface area contributed by atoms with Gasteiger partial charge in [0.1, 0.15) is 17.2 Å². The first kappa shape index (κ1) is 33.3. The van der Waals surface area contributed by atoms with E-state index >= 15 is 0 Å². The van der Waals surface area contributed by atoms with Crippen LogP contribution in [0.3, 0.4) is 0 Å². The van der Waals surface area contributed by atoms with Crippen LogP contribution in [0, 0.1) is 0 Å². The summed E-state index contributed by atoms with van der Waals surface area (Å²) in [7, 11) is 0. The number of rotatable bonds is 18. The van der Waals surface area contributed by atoms with Crippen LogP contribution in [-0.2, 0) is 16.1 Å². The minimum atomic E-state index is -1.52. The number of hydrogen-bond acceptors (Lipinski definition) is 7. The summed E-state index contributed by atoms with van der Waals surface area (Å²) in [6, 6.07) is 12.5. The maximum atomic E-state index is 13.3. The summed E-state index contributed by atoms with van der Waals surface area (Å²) in [6.07, 6.45) is 4.16. The van der Waals surface area contributed by atoms with Crippen molar-refractivity contribution < 1.29 is 33.7 Å². The van der Waals surface area contributed by atoms with E-state index in [4.69, 9.17) is 14.2 Å². The van der Waals surface area contributed by atoms with E-state index in [0.29, 0.717) is 44.2 Å². The van der Waals surface area contributed by atoms with Crippen molar-refractivity contribution in [3.63, 3.8) is 0 Å². The molecule has 0 aromatic heterocycles. The monoisotopic (exact) mass is 569 g/mol. The number of azo groups is 1. The Balaban J connectivity index is 1.89. The highest BCUT2D eigenvalue weighted by molar-refractivity contribution is 5.97. The topological polar surface area (TPSA) is 127 Å². The van der Waals surface area contributed by atoms with E-state index in [2.05, 4.69) is 10.2 Å². The lowest BCUT2D eigenvalue weighted by atomic mass is 10.1. The van der Waals surface area contributed by atoms with E-state index in [9.17, 15) is 19.5 Å². The van der Waals surface area contributed by atoms with Crippen LogP contribution in [-0.4, -0.2) is 59.7 Å². The fourth-order valence-corrected chi connectivity index (χ4v) is 3.87. The van der Waals surface area contributed by atoms with Gasteiger partial charge in [0, 0.05) is 26.1 Å². The Morgan fingerprint density at radius 3 is 2.02 bits per heavy atom. The fraction of sp³-hybridized carbons (Fsp3) is 0.516. The van der Waals surface area contributed by atoms with Crippen molar-refractivity contribution in [3.8, 4) is 17.2 Å². The Hall–Kier alpha value is -3.95. The van der Waals surface area contributed by atoms with Gasteiger partial charge in [0.05, 0.1) is 25.3 Å². The van der Waals surface area contributed by atoms with Crippen molar-refractivity contribution in [1.82, 2.24) is 4.90 Å². The first-order valence-electron chi connectivity index (χ1n) is 14.2. The molecule has 1 N–H and O–H groups in total. The Morgan fingerprint density at radius 2 is 1.46 bits per heavy atom. The molecule has 0 atom stereocenters. The molecule has 2 aromatic rings. The maximum Gasteiger partial charge on any atom is 0.347 e. The number of nitrogens with zero attached hydrogens (tertiary/aromatic N) is 3. The summed E-state index contributed by atoms with van der Waals surface area (Å²) in [5, 5.41) is 16.9. The molecule has 0 aliphatic heterocycles. The molecule has 224 valence electrons. The molecular weight excluding hydrogens is 526 g/mol. The largest absolute Gasteiger partial charge is 0.494 e. The second kappa shape index (κ2) is 17.0. The number of carbonyl (C=O) groups excluding carboxylic acids is 2. The predicted molar refractivity (Wildman–Crippen MR) is 156 cm³/mol. The first-order valence-corrected chi connectivity index (χ1v) is 14.2. The summed E-state index contributed by atoms with van der Waals surface area (Å²) in [4.78, 5) is 37.6. The number of carboxylic acid groups (broad SMARTS) is 1. The van der Waals surface area contributed by atoms with Crippen molar-refractivity contribution in [2.24, 2.45) is 10.2 Å². The van der Waals surface area contributed by atoms with E-state index < -0.39 is 11.6 Å². The summed E-state index contributed by atoms with van der Waals surface area (Å²) in [5.74, 6) is -0.177. The molecule has 10 heteroatoms. The highest BCUT2D eigenvalue weighted by Gasteiger charge is 2.32. The summed E-state index contributed by atoms with van der Waals surface area (Å²) >= 11 is 0. The number of carboxylic acids is 1. The molecular formula is C31H43N3O7. The lowest BCUT2D eigenvalue weighted by Crippen LogP contribution is -2.39. The second-order valence-electron chi connectivity index (χ2n) is 10.2. The van der Waals surface area contributed by atoms with E-state index in [0.717, 1.165) is 43.4 Å². The van der Waals surface area contributed by atoms with Crippen LogP contribution in [0.1, 0.15) is 82.6 Å². The van der Waals surface area contributed by atoms with Gasteiger partial charge in [0.25, 0.3) is 11.8 Å². The molecule has 2 rings (SSSR count). The Bertz CT molecular complexity index is 1160. The standard InChI is InChI=1S/C31H43N3O7/c1-6-17-34(18-7-2)29(36)27-16-15-26(21-28(27)41-31(4,5)30(37)38)40-20-10-8-9-19-39-25-13-11-24(12-14-25)22-32-33-23(3)35/h11-16,21H,6-10,17-20,22H2,1-5H3,(H,37,38). The first-order chi connectivity index (χ1) is 19.6. The molecule has 0 saturated carbocycles. The van der Waals surface area contributed by atoms with Gasteiger partial charge in [0.15, 0.2) is 5.60 Å². The molecule has 0 radical (unpaired) electrons. The zero-order chi connectivity index (χ0) is 30.3. The van der Waals surface area contributed by atoms with Crippen molar-refractivity contribution in [2.45, 2.75) is 78.9 Å². The summed E-state index contributed by atoms with van der Waals surface area (Å²) in [5.41, 5.74) is -0.259.